The molecule has 1 amide bonds. The SMILES string of the molecule is C=C/C=C\n1c(CCC)nc(CC)c1C(=O)Nc1ccc(C(=C\CC)/N=C2/CC(C(F)(F)F)CCC/C2=C/C)cc1.CC.CC. The lowest BCUT2D eigenvalue weighted by molar-refractivity contribution is -0.174. The van der Waals surface area contributed by atoms with E-state index in [9.17, 15) is 18.0 Å². The lowest BCUT2D eigenvalue weighted by atomic mass is 9.97. The average molecular weight is 627 g/mol. The molecule has 1 atom stereocenters. The number of imidazole rings is 1. The number of nitrogens with one attached hydrogen (secondary N) is 1. The van der Waals surface area contributed by atoms with Gasteiger partial charge in [-0.3, -0.25) is 14.4 Å². The minimum absolute atomic E-state index is 0.114. The number of rotatable bonds is 10. The topological polar surface area (TPSA) is 59.3 Å². The van der Waals surface area contributed by atoms with E-state index in [1.807, 2.05) is 77.3 Å². The van der Waals surface area contributed by atoms with Crippen molar-refractivity contribution in [1.82, 2.24) is 9.55 Å². The number of halogens is 3. The van der Waals surface area contributed by atoms with Gasteiger partial charge in [-0.25, -0.2) is 4.98 Å². The monoisotopic (exact) mass is 626 g/mol. The van der Waals surface area contributed by atoms with Crippen LogP contribution in [-0.4, -0.2) is 27.3 Å². The van der Waals surface area contributed by atoms with Crippen LogP contribution in [0.4, 0.5) is 18.9 Å². The number of allylic oxidation sites excluding steroid dienone is 5. The van der Waals surface area contributed by atoms with E-state index in [0.717, 1.165) is 35.5 Å². The predicted molar refractivity (Wildman–Crippen MR) is 186 cm³/mol. The molecule has 1 heterocycles. The van der Waals surface area contributed by atoms with Crippen molar-refractivity contribution in [3.63, 3.8) is 0 Å². The summed E-state index contributed by atoms with van der Waals surface area (Å²) in [5.74, 6) is -0.833. The van der Waals surface area contributed by atoms with Gasteiger partial charge in [0, 0.05) is 30.4 Å². The van der Waals surface area contributed by atoms with Gasteiger partial charge >= 0.3 is 6.18 Å². The van der Waals surface area contributed by atoms with Gasteiger partial charge in [-0.2, -0.15) is 13.2 Å². The van der Waals surface area contributed by atoms with Crippen LogP contribution in [0, 0.1) is 5.92 Å². The summed E-state index contributed by atoms with van der Waals surface area (Å²) >= 11 is 0. The Morgan fingerprint density at radius 1 is 1.13 bits per heavy atom. The van der Waals surface area contributed by atoms with Gasteiger partial charge in [-0.05, 0) is 74.8 Å². The van der Waals surface area contributed by atoms with Crippen molar-refractivity contribution in [3.8, 4) is 0 Å². The number of hydrogen-bond acceptors (Lipinski definition) is 3. The number of benzene rings is 1. The lowest BCUT2D eigenvalue weighted by Crippen LogP contribution is -2.24. The fraction of sp³-hybridized carbons (Fsp3) is 0.486. The Morgan fingerprint density at radius 3 is 2.33 bits per heavy atom. The first-order chi connectivity index (χ1) is 21.7. The minimum Gasteiger partial charge on any atom is -0.321 e. The second-order valence-electron chi connectivity index (χ2n) is 10.1. The molecule has 0 bridgehead atoms. The zero-order valence-electron chi connectivity index (χ0n) is 28.5. The number of carbonyl (C=O) groups is 1. The summed E-state index contributed by atoms with van der Waals surface area (Å²) in [5, 5.41) is 2.98. The predicted octanol–water partition coefficient (Wildman–Crippen LogP) is 11.3. The van der Waals surface area contributed by atoms with Gasteiger partial charge in [-0.15, -0.1) is 0 Å². The zero-order valence-corrected chi connectivity index (χ0v) is 28.5. The van der Waals surface area contributed by atoms with E-state index >= 15 is 0 Å². The van der Waals surface area contributed by atoms with Crippen LogP contribution < -0.4 is 5.32 Å². The van der Waals surface area contributed by atoms with Crippen molar-refractivity contribution in [1.29, 1.82) is 0 Å². The number of nitrogens with zero attached hydrogens (tertiary/aromatic N) is 3. The zero-order chi connectivity index (χ0) is 34.0. The molecule has 5 nitrogen and oxygen atoms in total. The van der Waals surface area contributed by atoms with Gasteiger partial charge in [0.25, 0.3) is 5.91 Å². The van der Waals surface area contributed by atoms with Gasteiger partial charge < -0.3 is 5.32 Å². The molecule has 1 saturated carbocycles. The number of amides is 1. The van der Waals surface area contributed by atoms with Gasteiger partial charge in [0.1, 0.15) is 11.5 Å². The van der Waals surface area contributed by atoms with E-state index in [4.69, 9.17) is 9.98 Å². The standard InChI is InChI=1S/C33H41F3N4O.2C2H6/c1-6-11-21-40-30(14-8-3)39-27(10-5)31(40)32(41)37-26-19-17-24(18-20-26)28(13-7-2)38-29-22-25(33(34,35)36)16-12-15-23(29)9-4;2*1-2/h6,9,11,13,17-21,25H,1,7-8,10,12,14-16,22H2,2-5H3,(H,37,41);2*1-2H3/b21-11-,23-9-,28-13+,38-29-;;. The first-order valence-corrected chi connectivity index (χ1v) is 16.5. The van der Waals surface area contributed by atoms with Gasteiger partial charge in [-0.1, -0.05) is 85.4 Å². The highest BCUT2D eigenvalue weighted by atomic mass is 19.4. The number of aromatic nitrogens is 2. The van der Waals surface area contributed by atoms with E-state index in [1.54, 1.807) is 30.5 Å². The summed E-state index contributed by atoms with van der Waals surface area (Å²) in [6.45, 7) is 19.6. The Morgan fingerprint density at radius 2 is 1.80 bits per heavy atom. The summed E-state index contributed by atoms with van der Waals surface area (Å²) in [7, 11) is 0. The Labute approximate surface area is 269 Å². The molecular weight excluding hydrogens is 573 g/mol. The Balaban J connectivity index is 0.00000243. The molecule has 1 N–H and O–H groups in total. The van der Waals surface area contributed by atoms with E-state index in [0.29, 0.717) is 48.5 Å². The molecule has 1 aromatic carbocycles. The molecule has 1 aromatic heterocycles. The molecule has 1 fully saturated rings. The summed E-state index contributed by atoms with van der Waals surface area (Å²) < 4.78 is 42.8. The maximum atomic E-state index is 13.6. The normalized spacial score (nSPS) is 17.3. The number of carbonyl (C=O) groups excluding carboxylic acids is 1. The molecule has 0 spiro atoms. The molecule has 248 valence electrons. The number of aryl methyl sites for hydroxylation is 2. The van der Waals surface area contributed by atoms with Crippen LogP contribution in [0.3, 0.4) is 0 Å². The van der Waals surface area contributed by atoms with Crippen LogP contribution in [0.5, 0.6) is 0 Å². The van der Waals surface area contributed by atoms with Crippen molar-refractivity contribution < 1.29 is 18.0 Å². The van der Waals surface area contributed by atoms with E-state index < -0.39 is 12.1 Å². The molecule has 1 unspecified atom stereocenters. The Hall–Kier alpha value is -3.68. The van der Waals surface area contributed by atoms with E-state index in [2.05, 4.69) is 18.8 Å². The first kappa shape index (κ1) is 39.3. The molecule has 0 saturated heterocycles. The molecule has 8 heteroatoms. The average Bonchev–Trinajstić information content (AvgIpc) is 3.25. The van der Waals surface area contributed by atoms with E-state index in [1.165, 1.54) is 0 Å². The molecular formula is C37H53F3N4O. The fourth-order valence-electron chi connectivity index (χ4n) is 5.06. The summed E-state index contributed by atoms with van der Waals surface area (Å²) in [6, 6.07) is 7.26. The minimum atomic E-state index is -4.25. The van der Waals surface area contributed by atoms with Crippen LogP contribution in [0.15, 0.2) is 65.7 Å². The van der Waals surface area contributed by atoms with Crippen LogP contribution in [-0.2, 0) is 12.8 Å². The molecule has 1 aliphatic carbocycles. The number of anilines is 1. The number of alkyl halides is 3. The summed E-state index contributed by atoms with van der Waals surface area (Å²) in [5.41, 5.74) is 4.59. The smallest absolute Gasteiger partial charge is 0.321 e. The van der Waals surface area contributed by atoms with Crippen LogP contribution >= 0.6 is 0 Å². The third-order valence-electron chi connectivity index (χ3n) is 7.16. The Bertz CT molecular complexity index is 1330. The third kappa shape index (κ3) is 11.3. The van der Waals surface area contributed by atoms with Crippen molar-refractivity contribution >= 4 is 29.2 Å². The molecule has 45 heavy (non-hydrogen) atoms. The fourth-order valence-corrected chi connectivity index (χ4v) is 5.06. The second kappa shape index (κ2) is 20.4. The summed E-state index contributed by atoms with van der Waals surface area (Å²) in [4.78, 5) is 22.9. The Kier molecular flexibility index (Phi) is 17.8. The number of hydrogen-bond donors (Lipinski definition) is 1. The molecule has 0 aliphatic heterocycles. The molecule has 3 rings (SSSR count). The molecule has 1 aliphatic rings. The highest BCUT2D eigenvalue weighted by Gasteiger charge is 2.41. The maximum absolute atomic E-state index is 13.6. The van der Waals surface area contributed by atoms with Crippen LogP contribution in [0.1, 0.15) is 121 Å². The van der Waals surface area contributed by atoms with Crippen LogP contribution in [0.2, 0.25) is 0 Å². The quantitative estimate of drug-likeness (QED) is 0.211. The van der Waals surface area contributed by atoms with Crippen molar-refractivity contribution in [2.75, 3.05) is 5.32 Å². The van der Waals surface area contributed by atoms with E-state index in [-0.39, 0.29) is 18.7 Å². The van der Waals surface area contributed by atoms with Crippen molar-refractivity contribution in [3.05, 3.63) is 83.5 Å². The van der Waals surface area contributed by atoms with Crippen LogP contribution in [0.25, 0.3) is 11.9 Å². The third-order valence-corrected chi connectivity index (χ3v) is 7.16. The first-order valence-electron chi connectivity index (χ1n) is 16.5. The van der Waals surface area contributed by atoms with Gasteiger partial charge in [0.2, 0.25) is 0 Å². The second-order valence-corrected chi connectivity index (χ2v) is 10.1. The summed E-state index contributed by atoms with van der Waals surface area (Å²) in [6.07, 6.45) is 8.81. The lowest BCUT2D eigenvalue weighted by Gasteiger charge is -2.18. The number of aliphatic imine (C=N–C) groups is 1. The van der Waals surface area contributed by atoms with Gasteiger partial charge in [0.05, 0.1) is 17.3 Å². The highest BCUT2D eigenvalue weighted by molar-refractivity contribution is 6.05. The largest absolute Gasteiger partial charge is 0.392 e. The highest BCUT2D eigenvalue weighted by Crippen LogP contribution is 2.38. The molecule has 0 radical (unpaired) electrons. The maximum Gasteiger partial charge on any atom is 0.392 e. The van der Waals surface area contributed by atoms with Crippen molar-refractivity contribution in [2.45, 2.75) is 113 Å². The van der Waals surface area contributed by atoms with Crippen molar-refractivity contribution in [2.24, 2.45) is 10.9 Å². The molecule has 2 aromatic rings. The van der Waals surface area contributed by atoms with Gasteiger partial charge in [0.15, 0.2) is 0 Å².